The second-order valence-electron chi connectivity index (χ2n) is 4.65. The Hall–Kier alpha value is -1.75. The molecule has 0 saturated carbocycles. The molecule has 0 fully saturated rings. The summed E-state index contributed by atoms with van der Waals surface area (Å²) in [4.78, 5) is 11.4. The highest BCUT2D eigenvalue weighted by Gasteiger charge is 2.17. The summed E-state index contributed by atoms with van der Waals surface area (Å²) in [7, 11) is 1.66. The lowest BCUT2D eigenvalue weighted by Gasteiger charge is -2.21. The number of nitrogens with two attached hydrogens (primary N) is 1. The Balaban J connectivity index is 2.21. The number of benzene rings is 1. The van der Waals surface area contributed by atoms with Gasteiger partial charge in [0, 0.05) is 25.3 Å². The van der Waals surface area contributed by atoms with Gasteiger partial charge in [0.2, 0.25) is 5.91 Å². The number of hydrogen-bond acceptors (Lipinski definition) is 4. The summed E-state index contributed by atoms with van der Waals surface area (Å²) in [6.45, 7) is 2.61. The lowest BCUT2D eigenvalue weighted by molar-refractivity contribution is -0.116. The van der Waals surface area contributed by atoms with E-state index >= 15 is 0 Å². The fourth-order valence-electron chi connectivity index (χ4n) is 2.13. The Morgan fingerprint density at radius 3 is 3.00 bits per heavy atom. The first-order chi connectivity index (χ1) is 8.60. The van der Waals surface area contributed by atoms with Gasteiger partial charge in [0.1, 0.15) is 0 Å². The minimum Gasteiger partial charge on any atom is -0.397 e. The first-order valence-corrected chi connectivity index (χ1v) is 6.08. The Morgan fingerprint density at radius 1 is 1.50 bits per heavy atom. The van der Waals surface area contributed by atoms with Crippen molar-refractivity contribution in [3.05, 3.63) is 17.7 Å². The van der Waals surface area contributed by atoms with Crippen LogP contribution in [-0.4, -0.2) is 25.7 Å². The van der Waals surface area contributed by atoms with Gasteiger partial charge in [-0.1, -0.05) is 0 Å². The van der Waals surface area contributed by atoms with Gasteiger partial charge in [-0.3, -0.25) is 4.79 Å². The molecule has 5 nitrogen and oxygen atoms in total. The van der Waals surface area contributed by atoms with Gasteiger partial charge in [0.25, 0.3) is 0 Å². The Bertz CT molecular complexity index is 460. The number of hydrogen-bond donors (Lipinski definition) is 3. The van der Waals surface area contributed by atoms with Crippen LogP contribution >= 0.6 is 0 Å². The van der Waals surface area contributed by atoms with E-state index in [0.717, 1.165) is 23.4 Å². The number of carbonyl (C=O) groups excluding carboxylic acids is 1. The highest BCUT2D eigenvalue weighted by atomic mass is 16.5. The van der Waals surface area contributed by atoms with Gasteiger partial charge >= 0.3 is 0 Å². The number of methoxy groups -OCH3 is 1. The van der Waals surface area contributed by atoms with Gasteiger partial charge in [-0.2, -0.15) is 0 Å². The Kier molecular flexibility index (Phi) is 3.72. The minimum absolute atomic E-state index is 0.0585. The Morgan fingerprint density at radius 2 is 2.28 bits per heavy atom. The molecule has 1 amide bonds. The van der Waals surface area contributed by atoms with Crippen molar-refractivity contribution in [2.75, 3.05) is 30.1 Å². The molecule has 0 radical (unpaired) electrons. The maximum Gasteiger partial charge on any atom is 0.224 e. The van der Waals surface area contributed by atoms with Crippen LogP contribution in [0.3, 0.4) is 0 Å². The molecule has 1 aromatic carbocycles. The largest absolute Gasteiger partial charge is 0.397 e. The monoisotopic (exact) mass is 249 g/mol. The molecule has 1 aliphatic rings. The van der Waals surface area contributed by atoms with E-state index in [2.05, 4.69) is 10.6 Å². The molecular formula is C13H19N3O2. The summed E-state index contributed by atoms with van der Waals surface area (Å²) in [5.74, 6) is 0.0585. The van der Waals surface area contributed by atoms with Gasteiger partial charge in [0.05, 0.1) is 18.0 Å². The maximum absolute atomic E-state index is 11.4. The molecular weight excluding hydrogens is 230 g/mol. The van der Waals surface area contributed by atoms with Crippen LogP contribution in [-0.2, 0) is 16.0 Å². The van der Waals surface area contributed by atoms with Crippen LogP contribution in [0.5, 0.6) is 0 Å². The first kappa shape index (κ1) is 12.7. The molecule has 5 heteroatoms. The van der Waals surface area contributed by atoms with E-state index < -0.39 is 0 Å². The summed E-state index contributed by atoms with van der Waals surface area (Å²) < 4.78 is 5.07. The zero-order valence-electron chi connectivity index (χ0n) is 10.7. The normalized spacial score (nSPS) is 15.8. The number of aryl methyl sites for hydroxylation is 1. The molecule has 1 atom stereocenters. The van der Waals surface area contributed by atoms with Crippen molar-refractivity contribution >= 4 is 23.0 Å². The fourth-order valence-corrected chi connectivity index (χ4v) is 2.13. The summed E-state index contributed by atoms with van der Waals surface area (Å²) in [5, 5.41) is 6.14. The zero-order chi connectivity index (χ0) is 13.1. The number of anilines is 3. The summed E-state index contributed by atoms with van der Waals surface area (Å²) >= 11 is 0. The number of ether oxygens (including phenoxy) is 1. The average Bonchev–Trinajstić information content (AvgIpc) is 2.31. The SMILES string of the molecule is COCC(C)Nc1cc2c(cc1N)CCC(=O)N2. The predicted molar refractivity (Wildman–Crippen MR) is 72.8 cm³/mol. The number of fused-ring (bicyclic) bond motifs is 1. The molecule has 0 saturated heterocycles. The van der Waals surface area contributed by atoms with Gasteiger partial charge in [-0.05, 0) is 31.0 Å². The van der Waals surface area contributed by atoms with Crippen LogP contribution < -0.4 is 16.4 Å². The molecule has 1 unspecified atom stereocenters. The van der Waals surface area contributed by atoms with Crippen LogP contribution in [0.15, 0.2) is 12.1 Å². The summed E-state index contributed by atoms with van der Waals surface area (Å²) in [6, 6.07) is 3.99. The van der Waals surface area contributed by atoms with Crippen LogP contribution in [0, 0.1) is 0 Å². The molecule has 0 aromatic heterocycles. The van der Waals surface area contributed by atoms with Crippen molar-refractivity contribution in [3.8, 4) is 0 Å². The third-order valence-electron chi connectivity index (χ3n) is 2.99. The highest BCUT2D eigenvalue weighted by molar-refractivity contribution is 5.95. The summed E-state index contributed by atoms with van der Waals surface area (Å²) in [6.07, 6.45) is 1.28. The second kappa shape index (κ2) is 5.27. The third kappa shape index (κ3) is 2.73. The molecule has 0 aliphatic carbocycles. The van der Waals surface area contributed by atoms with Crippen molar-refractivity contribution in [2.24, 2.45) is 0 Å². The van der Waals surface area contributed by atoms with Crippen molar-refractivity contribution in [1.82, 2.24) is 0 Å². The van der Waals surface area contributed by atoms with Crippen LogP contribution in [0.1, 0.15) is 18.9 Å². The smallest absolute Gasteiger partial charge is 0.224 e. The van der Waals surface area contributed by atoms with Gasteiger partial charge < -0.3 is 21.1 Å². The van der Waals surface area contributed by atoms with Gasteiger partial charge in [-0.25, -0.2) is 0 Å². The molecule has 98 valence electrons. The first-order valence-electron chi connectivity index (χ1n) is 6.08. The topological polar surface area (TPSA) is 76.4 Å². The van der Waals surface area contributed by atoms with Crippen molar-refractivity contribution in [2.45, 2.75) is 25.8 Å². The molecule has 0 spiro atoms. The second-order valence-corrected chi connectivity index (χ2v) is 4.65. The van der Waals surface area contributed by atoms with E-state index in [4.69, 9.17) is 10.5 Å². The lowest BCUT2D eigenvalue weighted by Crippen LogP contribution is -2.23. The minimum atomic E-state index is 0.0585. The highest BCUT2D eigenvalue weighted by Crippen LogP contribution is 2.31. The molecule has 4 N–H and O–H groups in total. The van der Waals surface area contributed by atoms with E-state index in [-0.39, 0.29) is 11.9 Å². The average molecular weight is 249 g/mol. The molecule has 2 rings (SSSR count). The Labute approximate surface area is 107 Å². The van der Waals surface area contributed by atoms with E-state index in [9.17, 15) is 4.79 Å². The fraction of sp³-hybridized carbons (Fsp3) is 0.462. The van der Waals surface area contributed by atoms with E-state index in [0.29, 0.717) is 18.7 Å². The number of nitrogens with one attached hydrogen (secondary N) is 2. The molecule has 1 aromatic rings. The van der Waals surface area contributed by atoms with E-state index in [1.165, 1.54) is 0 Å². The van der Waals surface area contributed by atoms with E-state index in [1.54, 1.807) is 7.11 Å². The van der Waals surface area contributed by atoms with Crippen molar-refractivity contribution < 1.29 is 9.53 Å². The molecule has 1 heterocycles. The number of amides is 1. The molecule has 0 bridgehead atoms. The van der Waals surface area contributed by atoms with Crippen LogP contribution in [0.25, 0.3) is 0 Å². The van der Waals surface area contributed by atoms with Crippen molar-refractivity contribution in [1.29, 1.82) is 0 Å². The van der Waals surface area contributed by atoms with Crippen molar-refractivity contribution in [3.63, 3.8) is 0 Å². The van der Waals surface area contributed by atoms with Crippen LogP contribution in [0.4, 0.5) is 17.1 Å². The third-order valence-corrected chi connectivity index (χ3v) is 2.99. The van der Waals surface area contributed by atoms with E-state index in [1.807, 2.05) is 19.1 Å². The number of carbonyl (C=O) groups is 1. The van der Waals surface area contributed by atoms with Crippen LogP contribution in [0.2, 0.25) is 0 Å². The standard InChI is InChI=1S/C13H19N3O2/c1-8(7-18-2)15-12-6-11-9(5-10(12)14)3-4-13(17)16-11/h5-6,8,15H,3-4,7,14H2,1-2H3,(H,16,17). The molecule has 18 heavy (non-hydrogen) atoms. The number of rotatable bonds is 4. The quantitative estimate of drug-likeness (QED) is 0.708. The lowest BCUT2D eigenvalue weighted by atomic mass is 10.0. The number of nitrogen functional groups attached to an aromatic ring is 1. The maximum atomic E-state index is 11.4. The van der Waals surface area contributed by atoms with Gasteiger partial charge in [-0.15, -0.1) is 0 Å². The molecule has 1 aliphatic heterocycles. The van der Waals surface area contributed by atoms with Gasteiger partial charge in [0.15, 0.2) is 0 Å². The predicted octanol–water partition coefficient (Wildman–Crippen LogP) is 1.60. The summed E-state index contributed by atoms with van der Waals surface area (Å²) in [5.41, 5.74) is 9.49. The zero-order valence-corrected chi connectivity index (χ0v) is 10.7.